The lowest BCUT2D eigenvalue weighted by molar-refractivity contribution is -0.157. The van der Waals surface area contributed by atoms with Crippen LogP contribution in [0.5, 0.6) is 0 Å². The quantitative estimate of drug-likeness (QED) is 0.663. The van der Waals surface area contributed by atoms with Crippen molar-refractivity contribution < 1.29 is 14.3 Å². The molecule has 0 saturated carbocycles. The molecule has 0 aromatic rings. The third-order valence-electron chi connectivity index (χ3n) is 2.02. The number of carbonyl (C=O) groups excluding carboxylic acids is 1. The van der Waals surface area contributed by atoms with Gasteiger partial charge in [0.15, 0.2) is 0 Å². The van der Waals surface area contributed by atoms with Crippen LogP contribution in [0.15, 0.2) is 0 Å². The van der Waals surface area contributed by atoms with Crippen molar-refractivity contribution in [1.82, 2.24) is 5.32 Å². The Labute approximate surface area is 85.0 Å². The highest BCUT2D eigenvalue weighted by Gasteiger charge is 2.24. The van der Waals surface area contributed by atoms with Gasteiger partial charge in [-0.25, -0.2) is 0 Å². The standard InChI is InChI=1S/C10H19NO3/c1-10(2,3)9(12)14-7-8-6-11-4-5-13-8/h8,11H,4-7H2,1-3H3/t8-/m0/s1. The Balaban J connectivity index is 2.22. The number of hydrogen-bond acceptors (Lipinski definition) is 4. The lowest BCUT2D eigenvalue weighted by Gasteiger charge is -2.25. The maximum absolute atomic E-state index is 11.4. The predicted octanol–water partition coefficient (Wildman–Crippen LogP) is 0.564. The van der Waals surface area contributed by atoms with Crippen molar-refractivity contribution in [2.45, 2.75) is 26.9 Å². The van der Waals surface area contributed by atoms with Crippen LogP contribution in [0.25, 0.3) is 0 Å². The second-order valence-corrected chi connectivity index (χ2v) is 4.55. The van der Waals surface area contributed by atoms with Crippen molar-refractivity contribution in [3.8, 4) is 0 Å². The lowest BCUT2D eigenvalue weighted by Crippen LogP contribution is -2.42. The zero-order valence-electron chi connectivity index (χ0n) is 9.13. The molecule has 1 rings (SSSR count). The largest absolute Gasteiger partial charge is 0.462 e. The van der Waals surface area contributed by atoms with Crippen LogP contribution in [0.3, 0.4) is 0 Å². The summed E-state index contributed by atoms with van der Waals surface area (Å²) in [5.74, 6) is -0.174. The normalized spacial score (nSPS) is 23.2. The van der Waals surface area contributed by atoms with Gasteiger partial charge in [-0.2, -0.15) is 0 Å². The van der Waals surface area contributed by atoms with E-state index in [9.17, 15) is 4.79 Å². The van der Waals surface area contributed by atoms with Gasteiger partial charge in [-0.1, -0.05) is 0 Å². The first-order valence-corrected chi connectivity index (χ1v) is 4.99. The van der Waals surface area contributed by atoms with Gasteiger partial charge in [0.2, 0.25) is 0 Å². The zero-order chi connectivity index (χ0) is 10.6. The second kappa shape index (κ2) is 4.75. The van der Waals surface area contributed by atoms with Crippen molar-refractivity contribution in [2.75, 3.05) is 26.3 Å². The Morgan fingerprint density at radius 3 is 2.79 bits per heavy atom. The molecule has 0 aliphatic carbocycles. The molecule has 1 atom stereocenters. The van der Waals surface area contributed by atoms with E-state index in [1.165, 1.54) is 0 Å². The Morgan fingerprint density at radius 2 is 2.29 bits per heavy atom. The third-order valence-corrected chi connectivity index (χ3v) is 2.02. The Bertz CT molecular complexity index is 192. The van der Waals surface area contributed by atoms with Gasteiger partial charge in [0.25, 0.3) is 0 Å². The molecule has 1 saturated heterocycles. The SMILES string of the molecule is CC(C)(C)C(=O)OC[C@@H]1CNCCO1. The minimum Gasteiger partial charge on any atom is -0.462 e. The zero-order valence-corrected chi connectivity index (χ0v) is 9.13. The van der Waals surface area contributed by atoms with Crippen LogP contribution < -0.4 is 5.32 Å². The summed E-state index contributed by atoms with van der Waals surface area (Å²) in [6.07, 6.45) is 0.00931. The van der Waals surface area contributed by atoms with Gasteiger partial charge in [-0.15, -0.1) is 0 Å². The van der Waals surface area contributed by atoms with Crippen LogP contribution in [-0.2, 0) is 14.3 Å². The molecule has 4 heteroatoms. The number of esters is 1. The van der Waals surface area contributed by atoms with E-state index in [0.717, 1.165) is 13.1 Å². The van der Waals surface area contributed by atoms with Crippen LogP contribution >= 0.6 is 0 Å². The van der Waals surface area contributed by atoms with Crippen LogP contribution in [0, 0.1) is 5.41 Å². The average Bonchev–Trinajstić information content (AvgIpc) is 2.14. The first-order valence-electron chi connectivity index (χ1n) is 4.99. The fourth-order valence-corrected chi connectivity index (χ4v) is 1.11. The molecule has 1 aliphatic rings. The number of carbonyl (C=O) groups is 1. The monoisotopic (exact) mass is 201 g/mol. The van der Waals surface area contributed by atoms with Gasteiger partial charge in [0.1, 0.15) is 12.7 Å². The molecular formula is C10H19NO3. The molecule has 0 radical (unpaired) electrons. The molecule has 14 heavy (non-hydrogen) atoms. The summed E-state index contributed by atoms with van der Waals surface area (Å²) in [5.41, 5.74) is -0.428. The maximum Gasteiger partial charge on any atom is 0.311 e. The average molecular weight is 201 g/mol. The summed E-state index contributed by atoms with van der Waals surface area (Å²) in [5, 5.41) is 3.18. The highest BCUT2D eigenvalue weighted by molar-refractivity contribution is 5.75. The van der Waals surface area contributed by atoms with E-state index in [1.807, 2.05) is 20.8 Å². The molecule has 1 N–H and O–H groups in total. The van der Waals surface area contributed by atoms with E-state index in [1.54, 1.807) is 0 Å². The molecule has 0 aromatic heterocycles. The first kappa shape index (κ1) is 11.5. The van der Waals surface area contributed by atoms with E-state index in [-0.39, 0.29) is 12.1 Å². The third kappa shape index (κ3) is 3.64. The maximum atomic E-state index is 11.4. The summed E-state index contributed by atoms with van der Waals surface area (Å²) in [6.45, 7) is 8.21. The topological polar surface area (TPSA) is 47.6 Å². The number of ether oxygens (including phenoxy) is 2. The van der Waals surface area contributed by atoms with Crippen LogP contribution in [-0.4, -0.2) is 38.4 Å². The molecule has 4 nitrogen and oxygen atoms in total. The van der Waals surface area contributed by atoms with E-state index in [4.69, 9.17) is 9.47 Å². The molecule has 0 unspecified atom stereocenters. The highest BCUT2D eigenvalue weighted by Crippen LogP contribution is 2.15. The minimum absolute atomic E-state index is 0.00931. The van der Waals surface area contributed by atoms with Gasteiger partial charge >= 0.3 is 5.97 Å². The molecule has 0 aromatic carbocycles. The predicted molar refractivity (Wildman–Crippen MR) is 53.0 cm³/mol. The molecule has 0 bridgehead atoms. The molecule has 1 heterocycles. The van der Waals surface area contributed by atoms with Gasteiger partial charge in [0.05, 0.1) is 12.0 Å². The second-order valence-electron chi connectivity index (χ2n) is 4.55. The van der Waals surface area contributed by atoms with E-state index in [0.29, 0.717) is 13.2 Å². The Hall–Kier alpha value is -0.610. The fraction of sp³-hybridized carbons (Fsp3) is 0.900. The van der Waals surface area contributed by atoms with Crippen LogP contribution in [0.4, 0.5) is 0 Å². The molecule has 0 amide bonds. The number of nitrogens with one attached hydrogen (secondary N) is 1. The summed E-state index contributed by atoms with van der Waals surface area (Å²) in [6, 6.07) is 0. The molecule has 1 aliphatic heterocycles. The Morgan fingerprint density at radius 1 is 1.57 bits per heavy atom. The summed E-state index contributed by atoms with van der Waals surface area (Å²) >= 11 is 0. The molecule has 1 fully saturated rings. The van der Waals surface area contributed by atoms with Crippen molar-refractivity contribution >= 4 is 5.97 Å². The molecule has 0 spiro atoms. The van der Waals surface area contributed by atoms with E-state index in [2.05, 4.69) is 5.32 Å². The van der Waals surface area contributed by atoms with E-state index >= 15 is 0 Å². The first-order chi connectivity index (χ1) is 6.50. The number of rotatable bonds is 2. The Kier molecular flexibility index (Phi) is 3.89. The molecule has 82 valence electrons. The fourth-order valence-electron chi connectivity index (χ4n) is 1.11. The van der Waals surface area contributed by atoms with Crippen LogP contribution in [0.1, 0.15) is 20.8 Å². The van der Waals surface area contributed by atoms with Crippen molar-refractivity contribution in [3.05, 3.63) is 0 Å². The number of morpholine rings is 1. The van der Waals surface area contributed by atoms with Crippen molar-refractivity contribution in [3.63, 3.8) is 0 Å². The van der Waals surface area contributed by atoms with Crippen molar-refractivity contribution in [1.29, 1.82) is 0 Å². The highest BCUT2D eigenvalue weighted by atomic mass is 16.6. The minimum atomic E-state index is -0.428. The van der Waals surface area contributed by atoms with E-state index < -0.39 is 5.41 Å². The summed E-state index contributed by atoms with van der Waals surface area (Å²) < 4.78 is 10.5. The van der Waals surface area contributed by atoms with Crippen molar-refractivity contribution in [2.24, 2.45) is 5.41 Å². The van der Waals surface area contributed by atoms with Gasteiger partial charge < -0.3 is 14.8 Å². The van der Waals surface area contributed by atoms with Crippen LogP contribution in [0.2, 0.25) is 0 Å². The van der Waals surface area contributed by atoms with Gasteiger partial charge in [0, 0.05) is 13.1 Å². The summed E-state index contributed by atoms with van der Waals surface area (Å²) in [4.78, 5) is 11.4. The van der Waals surface area contributed by atoms with Gasteiger partial charge in [-0.3, -0.25) is 4.79 Å². The molecular weight excluding hydrogens is 182 g/mol. The number of hydrogen-bond donors (Lipinski definition) is 1. The smallest absolute Gasteiger partial charge is 0.311 e. The van der Waals surface area contributed by atoms with Gasteiger partial charge in [-0.05, 0) is 20.8 Å². The summed E-state index contributed by atoms with van der Waals surface area (Å²) in [7, 11) is 0. The lowest BCUT2D eigenvalue weighted by atomic mass is 9.97.